The van der Waals surface area contributed by atoms with Crippen LogP contribution in [0.4, 0.5) is 5.69 Å². The van der Waals surface area contributed by atoms with Gasteiger partial charge in [-0.1, -0.05) is 18.2 Å². The highest BCUT2D eigenvalue weighted by Gasteiger charge is 2.38. The first-order valence-corrected chi connectivity index (χ1v) is 5.25. The van der Waals surface area contributed by atoms with Gasteiger partial charge in [0.2, 0.25) is 5.91 Å². The van der Waals surface area contributed by atoms with E-state index >= 15 is 0 Å². The van der Waals surface area contributed by atoms with Crippen molar-refractivity contribution in [2.75, 3.05) is 4.90 Å². The molecule has 0 spiro atoms. The molecule has 1 atom stereocenters. The summed E-state index contributed by atoms with van der Waals surface area (Å²) in [6.07, 6.45) is 0.315. The Morgan fingerprint density at radius 3 is 2.47 bits per heavy atom. The summed E-state index contributed by atoms with van der Waals surface area (Å²) in [6.45, 7) is 0. The van der Waals surface area contributed by atoms with E-state index in [4.69, 9.17) is 12.2 Å². The molecule has 6 heteroatoms. The Kier molecular flexibility index (Phi) is 2.97. The number of carbonyl (C=O) groups excluding carboxylic acids is 3. The minimum absolute atomic E-state index is 0.00991. The van der Waals surface area contributed by atoms with E-state index in [2.05, 4.69) is 5.32 Å². The van der Waals surface area contributed by atoms with Crippen LogP contribution in [0.3, 0.4) is 0 Å². The minimum atomic E-state index is -1.33. The van der Waals surface area contributed by atoms with Gasteiger partial charge in [-0.15, -0.1) is 0 Å². The van der Waals surface area contributed by atoms with E-state index in [1.165, 1.54) is 0 Å². The predicted molar refractivity (Wildman–Crippen MR) is 64.2 cm³/mol. The van der Waals surface area contributed by atoms with Crippen LogP contribution >= 0.6 is 12.2 Å². The number of nitrogens with zero attached hydrogens (tertiary/aromatic N) is 1. The Balaban J connectivity index is 2.40. The molecule has 0 saturated carbocycles. The first-order valence-electron chi connectivity index (χ1n) is 4.84. The Labute approximate surface area is 102 Å². The van der Waals surface area contributed by atoms with Gasteiger partial charge in [-0.3, -0.25) is 14.5 Å². The van der Waals surface area contributed by atoms with E-state index in [-0.39, 0.29) is 5.11 Å². The van der Waals surface area contributed by atoms with Crippen molar-refractivity contribution < 1.29 is 14.4 Å². The van der Waals surface area contributed by atoms with E-state index in [1.54, 1.807) is 30.3 Å². The van der Waals surface area contributed by atoms with Crippen molar-refractivity contribution in [3.05, 3.63) is 30.3 Å². The molecule has 1 saturated heterocycles. The Morgan fingerprint density at radius 1 is 1.24 bits per heavy atom. The molecule has 1 fully saturated rings. The van der Waals surface area contributed by atoms with Gasteiger partial charge in [0.1, 0.15) is 6.29 Å². The first-order chi connectivity index (χ1) is 8.15. The van der Waals surface area contributed by atoms with Crippen LogP contribution < -0.4 is 10.2 Å². The third-order valence-corrected chi connectivity index (χ3v) is 2.64. The summed E-state index contributed by atoms with van der Waals surface area (Å²) in [5.74, 6) is -2.64. The van der Waals surface area contributed by atoms with Crippen LogP contribution in [-0.2, 0) is 14.4 Å². The quantitative estimate of drug-likeness (QED) is 0.463. The predicted octanol–water partition coefficient (Wildman–Crippen LogP) is 0.249. The molecule has 17 heavy (non-hydrogen) atoms. The first kappa shape index (κ1) is 11.4. The smallest absolute Gasteiger partial charge is 0.253 e. The highest BCUT2D eigenvalue weighted by atomic mass is 32.1. The standard InChI is InChI=1S/C11H8N2O3S/c14-6-8-9(15)12-11(17)13(10(8)16)7-4-2-1-3-5-7/h1-6,8H,(H,12,15,17)/t8-/m0/s1. The lowest BCUT2D eigenvalue weighted by Gasteiger charge is -2.30. The molecule has 1 heterocycles. The molecule has 2 rings (SSSR count). The van der Waals surface area contributed by atoms with Crippen molar-refractivity contribution in [3.63, 3.8) is 0 Å². The summed E-state index contributed by atoms with van der Waals surface area (Å²) < 4.78 is 0. The molecule has 1 aliphatic rings. The molecular formula is C11H8N2O3S. The summed E-state index contributed by atoms with van der Waals surface area (Å²) >= 11 is 4.92. The topological polar surface area (TPSA) is 66.5 Å². The number of nitrogens with one attached hydrogen (secondary N) is 1. The van der Waals surface area contributed by atoms with Crippen molar-refractivity contribution in [2.24, 2.45) is 5.92 Å². The van der Waals surface area contributed by atoms with Crippen LogP contribution in [0, 0.1) is 5.92 Å². The summed E-state index contributed by atoms with van der Waals surface area (Å²) in [4.78, 5) is 35.1. The van der Waals surface area contributed by atoms with Crippen LogP contribution in [0.15, 0.2) is 30.3 Å². The number of benzene rings is 1. The zero-order valence-electron chi connectivity index (χ0n) is 8.62. The number of aldehydes is 1. The third kappa shape index (κ3) is 1.94. The lowest BCUT2D eigenvalue weighted by molar-refractivity contribution is -0.136. The Hall–Kier alpha value is -2.08. The van der Waals surface area contributed by atoms with Crippen molar-refractivity contribution in [1.29, 1.82) is 0 Å². The second kappa shape index (κ2) is 4.42. The average molecular weight is 248 g/mol. The van der Waals surface area contributed by atoms with Gasteiger partial charge >= 0.3 is 0 Å². The van der Waals surface area contributed by atoms with Gasteiger partial charge in [0.25, 0.3) is 5.91 Å². The summed E-state index contributed by atoms with van der Waals surface area (Å²) in [5, 5.41) is 2.32. The maximum absolute atomic E-state index is 11.9. The molecule has 0 radical (unpaired) electrons. The van der Waals surface area contributed by atoms with Gasteiger partial charge in [0, 0.05) is 0 Å². The molecule has 0 aliphatic carbocycles. The zero-order valence-corrected chi connectivity index (χ0v) is 9.44. The van der Waals surface area contributed by atoms with Gasteiger partial charge in [-0.2, -0.15) is 0 Å². The molecule has 1 aromatic carbocycles. The molecule has 0 unspecified atom stereocenters. The van der Waals surface area contributed by atoms with Gasteiger partial charge < -0.3 is 10.1 Å². The molecule has 2 amide bonds. The zero-order chi connectivity index (χ0) is 12.4. The fourth-order valence-electron chi connectivity index (χ4n) is 1.53. The highest BCUT2D eigenvalue weighted by molar-refractivity contribution is 7.80. The van der Waals surface area contributed by atoms with Gasteiger partial charge in [0.15, 0.2) is 11.0 Å². The fourth-order valence-corrected chi connectivity index (χ4v) is 1.83. The lowest BCUT2D eigenvalue weighted by Crippen LogP contribution is -2.58. The molecule has 86 valence electrons. The molecule has 1 aromatic rings. The SMILES string of the molecule is O=C[C@H]1C(=O)NC(=S)N(c2ccccc2)C1=O. The monoisotopic (exact) mass is 248 g/mol. The molecule has 0 aromatic heterocycles. The Bertz CT molecular complexity index is 501. The number of amides is 2. The lowest BCUT2D eigenvalue weighted by atomic mass is 10.1. The Morgan fingerprint density at radius 2 is 1.88 bits per heavy atom. The van der Waals surface area contributed by atoms with Crippen LogP contribution in [-0.4, -0.2) is 23.2 Å². The fraction of sp³-hybridized carbons (Fsp3) is 0.0909. The maximum atomic E-state index is 11.9. The maximum Gasteiger partial charge on any atom is 0.253 e. The van der Waals surface area contributed by atoms with E-state index in [0.29, 0.717) is 12.0 Å². The van der Waals surface area contributed by atoms with Gasteiger partial charge in [0.05, 0.1) is 5.69 Å². The molecule has 1 aliphatic heterocycles. The van der Waals surface area contributed by atoms with Crippen molar-refractivity contribution in [2.45, 2.75) is 0 Å². The third-order valence-electron chi connectivity index (χ3n) is 2.35. The van der Waals surface area contributed by atoms with E-state index < -0.39 is 17.7 Å². The van der Waals surface area contributed by atoms with Crippen LogP contribution in [0.1, 0.15) is 0 Å². The molecule has 1 N–H and O–H groups in total. The largest absolute Gasteiger partial charge is 0.302 e. The number of carbonyl (C=O) groups is 3. The van der Waals surface area contributed by atoms with Crippen LogP contribution in [0.25, 0.3) is 0 Å². The van der Waals surface area contributed by atoms with Crippen LogP contribution in [0.2, 0.25) is 0 Å². The summed E-state index contributed by atoms with van der Waals surface area (Å²) in [5.41, 5.74) is 0.523. The van der Waals surface area contributed by atoms with Gasteiger partial charge in [-0.25, -0.2) is 0 Å². The number of thiocarbonyl (C=S) groups is 1. The summed E-state index contributed by atoms with van der Waals surface area (Å²) in [7, 11) is 0. The number of para-hydroxylation sites is 1. The number of rotatable bonds is 2. The van der Waals surface area contributed by atoms with E-state index in [0.717, 1.165) is 4.90 Å². The molecular weight excluding hydrogens is 240 g/mol. The second-order valence-electron chi connectivity index (χ2n) is 3.42. The number of hydrogen-bond donors (Lipinski definition) is 1. The normalized spacial score (nSPS) is 20.1. The van der Waals surface area contributed by atoms with Crippen molar-refractivity contribution >= 4 is 41.1 Å². The number of hydrogen-bond acceptors (Lipinski definition) is 4. The van der Waals surface area contributed by atoms with Gasteiger partial charge in [-0.05, 0) is 24.4 Å². The number of anilines is 1. The molecule has 5 nitrogen and oxygen atoms in total. The van der Waals surface area contributed by atoms with E-state index in [1.807, 2.05) is 0 Å². The van der Waals surface area contributed by atoms with Crippen molar-refractivity contribution in [1.82, 2.24) is 5.32 Å². The molecule has 0 bridgehead atoms. The summed E-state index contributed by atoms with van der Waals surface area (Å²) in [6, 6.07) is 8.60. The second-order valence-corrected chi connectivity index (χ2v) is 3.80. The van der Waals surface area contributed by atoms with Crippen LogP contribution in [0.5, 0.6) is 0 Å². The average Bonchev–Trinajstić information content (AvgIpc) is 2.30. The minimum Gasteiger partial charge on any atom is -0.302 e. The highest BCUT2D eigenvalue weighted by Crippen LogP contribution is 2.19. The van der Waals surface area contributed by atoms with Crippen molar-refractivity contribution in [3.8, 4) is 0 Å². The van der Waals surface area contributed by atoms with E-state index in [9.17, 15) is 14.4 Å².